The number of thiocarbonyl (C=S) groups is 1. The van der Waals surface area contributed by atoms with E-state index in [9.17, 15) is 0 Å². The molecule has 100 valence electrons. The van der Waals surface area contributed by atoms with Gasteiger partial charge in [-0.15, -0.1) is 0 Å². The van der Waals surface area contributed by atoms with Crippen LogP contribution in [0.1, 0.15) is 13.8 Å². The predicted octanol–water partition coefficient (Wildman–Crippen LogP) is 2.39. The van der Waals surface area contributed by atoms with Crippen molar-refractivity contribution in [2.24, 2.45) is 11.1 Å². The molecule has 0 amide bonds. The van der Waals surface area contributed by atoms with Gasteiger partial charge >= 0.3 is 0 Å². The summed E-state index contributed by atoms with van der Waals surface area (Å²) in [6.45, 7) is 4.22. The van der Waals surface area contributed by atoms with Gasteiger partial charge in [0.2, 0.25) is 5.75 Å². The first-order valence-corrected chi connectivity index (χ1v) is 5.97. The third-order valence-electron chi connectivity index (χ3n) is 2.63. The van der Waals surface area contributed by atoms with Crippen molar-refractivity contribution in [3.8, 4) is 17.2 Å². The lowest BCUT2D eigenvalue weighted by Crippen LogP contribution is -2.35. The molecule has 0 heterocycles. The van der Waals surface area contributed by atoms with Gasteiger partial charge in [0.1, 0.15) is 0 Å². The molecular weight excluding hydrogens is 250 g/mol. The van der Waals surface area contributed by atoms with Crippen molar-refractivity contribution in [3.05, 3.63) is 18.2 Å². The van der Waals surface area contributed by atoms with Crippen LogP contribution in [-0.2, 0) is 0 Å². The molecule has 1 aromatic carbocycles. The molecule has 1 rings (SSSR count). The number of ether oxygens (including phenoxy) is 3. The Morgan fingerprint density at radius 1 is 1.22 bits per heavy atom. The van der Waals surface area contributed by atoms with Crippen LogP contribution in [0.4, 0.5) is 0 Å². The SMILES string of the molecule is COc1cccc(OC)c1OCC(C)(C)C(N)=S. The minimum absolute atomic E-state index is 0.360. The molecule has 0 aromatic heterocycles. The highest BCUT2D eigenvalue weighted by molar-refractivity contribution is 7.80. The van der Waals surface area contributed by atoms with Gasteiger partial charge < -0.3 is 19.9 Å². The van der Waals surface area contributed by atoms with Gasteiger partial charge in [0, 0.05) is 5.41 Å². The molecule has 0 saturated carbocycles. The fourth-order valence-electron chi connectivity index (χ4n) is 1.28. The fourth-order valence-corrected chi connectivity index (χ4v) is 1.34. The molecule has 18 heavy (non-hydrogen) atoms. The van der Waals surface area contributed by atoms with Gasteiger partial charge in [0.25, 0.3) is 0 Å². The Kier molecular flexibility index (Phi) is 4.78. The molecular formula is C13H19NO3S. The van der Waals surface area contributed by atoms with Crippen molar-refractivity contribution in [1.82, 2.24) is 0 Å². The monoisotopic (exact) mass is 269 g/mol. The first-order valence-electron chi connectivity index (χ1n) is 5.56. The number of hydrogen-bond donors (Lipinski definition) is 1. The van der Waals surface area contributed by atoms with E-state index >= 15 is 0 Å². The van der Waals surface area contributed by atoms with Crippen LogP contribution in [0.15, 0.2) is 18.2 Å². The quantitative estimate of drug-likeness (QED) is 0.804. The molecule has 2 N–H and O–H groups in total. The Morgan fingerprint density at radius 3 is 2.11 bits per heavy atom. The Hall–Kier alpha value is -1.49. The third kappa shape index (κ3) is 3.26. The van der Waals surface area contributed by atoms with Crippen LogP contribution in [0.5, 0.6) is 17.2 Å². The van der Waals surface area contributed by atoms with E-state index in [0.717, 1.165) is 0 Å². The molecule has 4 nitrogen and oxygen atoms in total. The molecule has 0 spiro atoms. The predicted molar refractivity (Wildman–Crippen MR) is 75.6 cm³/mol. The normalized spacial score (nSPS) is 10.9. The summed E-state index contributed by atoms with van der Waals surface area (Å²) in [7, 11) is 3.17. The largest absolute Gasteiger partial charge is 0.493 e. The zero-order valence-electron chi connectivity index (χ0n) is 11.1. The van der Waals surface area contributed by atoms with Crippen LogP contribution >= 0.6 is 12.2 Å². The van der Waals surface area contributed by atoms with Crippen LogP contribution in [-0.4, -0.2) is 25.8 Å². The van der Waals surface area contributed by atoms with Crippen molar-refractivity contribution >= 4 is 17.2 Å². The highest BCUT2D eigenvalue weighted by Crippen LogP contribution is 2.37. The number of benzene rings is 1. The molecule has 0 atom stereocenters. The lowest BCUT2D eigenvalue weighted by molar-refractivity contribution is 0.217. The van der Waals surface area contributed by atoms with Crippen molar-refractivity contribution in [2.75, 3.05) is 20.8 Å². The van der Waals surface area contributed by atoms with Crippen molar-refractivity contribution in [1.29, 1.82) is 0 Å². The average Bonchev–Trinajstić information content (AvgIpc) is 2.35. The number of para-hydroxylation sites is 1. The Bertz CT molecular complexity index is 410. The Labute approximate surface area is 113 Å². The summed E-state index contributed by atoms with van der Waals surface area (Å²) in [6.07, 6.45) is 0. The van der Waals surface area contributed by atoms with Crippen LogP contribution < -0.4 is 19.9 Å². The summed E-state index contributed by atoms with van der Waals surface area (Å²) in [5.41, 5.74) is 5.28. The summed E-state index contributed by atoms with van der Waals surface area (Å²) >= 11 is 5.00. The van der Waals surface area contributed by atoms with E-state index in [4.69, 9.17) is 32.2 Å². The summed E-state index contributed by atoms with van der Waals surface area (Å²) < 4.78 is 16.2. The molecule has 1 aromatic rings. The molecule has 0 fully saturated rings. The van der Waals surface area contributed by atoms with E-state index in [2.05, 4.69) is 0 Å². The van der Waals surface area contributed by atoms with Crippen LogP contribution in [0.25, 0.3) is 0 Å². The maximum absolute atomic E-state index is 5.76. The zero-order valence-corrected chi connectivity index (χ0v) is 12.0. The molecule has 0 radical (unpaired) electrons. The van der Waals surface area contributed by atoms with E-state index in [0.29, 0.717) is 28.8 Å². The second-order valence-electron chi connectivity index (χ2n) is 4.53. The van der Waals surface area contributed by atoms with E-state index in [1.165, 1.54) is 0 Å². The molecule has 5 heteroatoms. The molecule has 0 bridgehead atoms. The summed E-state index contributed by atoms with van der Waals surface area (Å²) in [5.74, 6) is 1.80. The van der Waals surface area contributed by atoms with Gasteiger partial charge in [0.05, 0.1) is 25.8 Å². The Balaban J connectivity index is 2.93. The second kappa shape index (κ2) is 5.91. The van der Waals surface area contributed by atoms with Crippen molar-refractivity contribution in [3.63, 3.8) is 0 Å². The summed E-state index contributed by atoms with van der Waals surface area (Å²) in [4.78, 5) is 0.413. The number of rotatable bonds is 6. The van der Waals surface area contributed by atoms with Crippen molar-refractivity contribution < 1.29 is 14.2 Å². The Morgan fingerprint density at radius 2 is 1.72 bits per heavy atom. The van der Waals surface area contributed by atoms with Crippen LogP contribution in [0, 0.1) is 5.41 Å². The summed E-state index contributed by atoms with van der Waals surface area (Å²) in [5, 5.41) is 0. The standard InChI is InChI=1S/C13H19NO3S/c1-13(2,12(14)18)8-17-11-9(15-3)6-5-7-10(11)16-4/h5-7H,8H2,1-4H3,(H2,14,18). The topological polar surface area (TPSA) is 53.7 Å². The third-order valence-corrected chi connectivity index (χ3v) is 3.18. The highest BCUT2D eigenvalue weighted by atomic mass is 32.1. The van der Waals surface area contributed by atoms with Gasteiger partial charge in [-0.1, -0.05) is 32.1 Å². The molecule has 0 aliphatic rings. The van der Waals surface area contributed by atoms with Crippen molar-refractivity contribution in [2.45, 2.75) is 13.8 Å². The maximum atomic E-state index is 5.76. The fraction of sp³-hybridized carbons (Fsp3) is 0.462. The smallest absolute Gasteiger partial charge is 0.203 e. The van der Waals surface area contributed by atoms with Crippen LogP contribution in [0.2, 0.25) is 0 Å². The number of nitrogens with two attached hydrogens (primary N) is 1. The first-order chi connectivity index (χ1) is 8.42. The van der Waals surface area contributed by atoms with Gasteiger partial charge in [-0.3, -0.25) is 0 Å². The van der Waals surface area contributed by atoms with Gasteiger partial charge in [0.15, 0.2) is 11.5 Å². The minimum Gasteiger partial charge on any atom is -0.493 e. The molecule has 0 saturated heterocycles. The van der Waals surface area contributed by atoms with E-state index < -0.39 is 0 Å². The van der Waals surface area contributed by atoms with Gasteiger partial charge in [-0.25, -0.2) is 0 Å². The lowest BCUT2D eigenvalue weighted by Gasteiger charge is -2.24. The van der Waals surface area contributed by atoms with E-state index in [-0.39, 0.29) is 5.41 Å². The molecule has 0 aliphatic carbocycles. The number of hydrogen-bond acceptors (Lipinski definition) is 4. The highest BCUT2D eigenvalue weighted by Gasteiger charge is 2.24. The average molecular weight is 269 g/mol. The first kappa shape index (κ1) is 14.6. The molecule has 0 unspecified atom stereocenters. The zero-order chi connectivity index (χ0) is 13.8. The second-order valence-corrected chi connectivity index (χ2v) is 4.97. The lowest BCUT2D eigenvalue weighted by atomic mass is 9.95. The summed E-state index contributed by atoms with van der Waals surface area (Å²) in [6, 6.07) is 5.46. The van der Waals surface area contributed by atoms with Gasteiger partial charge in [-0.05, 0) is 12.1 Å². The van der Waals surface area contributed by atoms with Gasteiger partial charge in [-0.2, -0.15) is 0 Å². The minimum atomic E-state index is -0.388. The van der Waals surface area contributed by atoms with E-state index in [1.54, 1.807) is 14.2 Å². The number of methoxy groups -OCH3 is 2. The van der Waals surface area contributed by atoms with E-state index in [1.807, 2.05) is 32.0 Å². The molecule has 0 aliphatic heterocycles. The maximum Gasteiger partial charge on any atom is 0.203 e. The van der Waals surface area contributed by atoms with Crippen LogP contribution in [0.3, 0.4) is 0 Å².